The predicted molar refractivity (Wildman–Crippen MR) is 103 cm³/mol. The van der Waals surface area contributed by atoms with Crippen molar-refractivity contribution in [3.8, 4) is 11.5 Å². The number of rotatable bonds is 8. The van der Waals surface area contributed by atoms with Crippen molar-refractivity contribution in [1.29, 1.82) is 0 Å². The molecule has 2 rings (SSSR count). The van der Waals surface area contributed by atoms with E-state index < -0.39 is 10.0 Å². The number of piperazine rings is 1. The highest BCUT2D eigenvalue weighted by atomic mass is 32.2. The van der Waals surface area contributed by atoms with Gasteiger partial charge >= 0.3 is 0 Å². The fourth-order valence-electron chi connectivity index (χ4n) is 2.88. The summed E-state index contributed by atoms with van der Waals surface area (Å²) in [6.07, 6.45) is 0.878. The molecule has 1 atom stereocenters. The van der Waals surface area contributed by atoms with E-state index in [0.717, 1.165) is 6.42 Å². The third kappa shape index (κ3) is 5.33. The van der Waals surface area contributed by atoms with Gasteiger partial charge in [-0.1, -0.05) is 6.92 Å². The second kappa shape index (κ2) is 9.38. The molecule has 1 unspecified atom stereocenters. The number of sulfonamides is 1. The van der Waals surface area contributed by atoms with Gasteiger partial charge in [-0.2, -0.15) is 4.31 Å². The lowest BCUT2D eigenvalue weighted by molar-refractivity contribution is -0.123. The van der Waals surface area contributed by atoms with Gasteiger partial charge in [-0.3, -0.25) is 9.69 Å². The number of amides is 1. The minimum absolute atomic E-state index is 0.0273. The highest BCUT2D eigenvalue weighted by Gasteiger charge is 2.29. The normalized spacial score (nSPS) is 17.3. The minimum Gasteiger partial charge on any atom is -0.493 e. The van der Waals surface area contributed by atoms with Crippen LogP contribution in [0.1, 0.15) is 20.3 Å². The SMILES string of the molecule is CCC(C)NC(=O)CN1CCN(S(=O)(=O)c2ccc(OC)c(OC)c2)CC1. The van der Waals surface area contributed by atoms with Crippen LogP contribution < -0.4 is 14.8 Å². The van der Waals surface area contributed by atoms with Crippen molar-refractivity contribution in [3.05, 3.63) is 18.2 Å². The van der Waals surface area contributed by atoms with Gasteiger partial charge in [-0.25, -0.2) is 8.42 Å². The van der Waals surface area contributed by atoms with Crippen molar-refractivity contribution in [3.63, 3.8) is 0 Å². The van der Waals surface area contributed by atoms with Crippen molar-refractivity contribution >= 4 is 15.9 Å². The number of benzene rings is 1. The van der Waals surface area contributed by atoms with Crippen LogP contribution in [0.2, 0.25) is 0 Å². The molecule has 0 spiro atoms. The van der Waals surface area contributed by atoms with Crippen LogP contribution in [0.5, 0.6) is 11.5 Å². The van der Waals surface area contributed by atoms with E-state index in [0.29, 0.717) is 37.7 Å². The highest BCUT2D eigenvalue weighted by Crippen LogP contribution is 2.30. The second-order valence-corrected chi connectivity index (χ2v) is 8.51. The summed E-state index contributed by atoms with van der Waals surface area (Å²) in [6, 6.07) is 4.72. The fourth-order valence-corrected chi connectivity index (χ4v) is 4.32. The van der Waals surface area contributed by atoms with Crippen LogP contribution in [0.25, 0.3) is 0 Å². The Morgan fingerprint density at radius 3 is 2.33 bits per heavy atom. The van der Waals surface area contributed by atoms with Crippen molar-refractivity contribution < 1.29 is 22.7 Å². The Kier molecular flexibility index (Phi) is 7.46. The molecule has 8 nitrogen and oxygen atoms in total. The van der Waals surface area contributed by atoms with Gasteiger partial charge in [0.25, 0.3) is 0 Å². The van der Waals surface area contributed by atoms with E-state index in [1.54, 1.807) is 6.07 Å². The van der Waals surface area contributed by atoms with Crippen LogP contribution in [0, 0.1) is 0 Å². The molecular weight excluding hydrogens is 370 g/mol. The van der Waals surface area contributed by atoms with E-state index in [4.69, 9.17) is 9.47 Å². The first kappa shape index (κ1) is 21.5. The zero-order chi connectivity index (χ0) is 20.0. The third-order valence-electron chi connectivity index (χ3n) is 4.71. The molecule has 1 aromatic carbocycles. The van der Waals surface area contributed by atoms with Gasteiger partial charge in [0, 0.05) is 38.3 Å². The molecule has 152 valence electrons. The van der Waals surface area contributed by atoms with Crippen molar-refractivity contribution in [2.24, 2.45) is 0 Å². The maximum Gasteiger partial charge on any atom is 0.243 e. The van der Waals surface area contributed by atoms with Gasteiger partial charge in [-0.05, 0) is 25.5 Å². The van der Waals surface area contributed by atoms with Gasteiger partial charge in [0.1, 0.15) is 0 Å². The van der Waals surface area contributed by atoms with Crippen LogP contribution in [0.15, 0.2) is 23.1 Å². The van der Waals surface area contributed by atoms with Gasteiger partial charge in [0.15, 0.2) is 11.5 Å². The lowest BCUT2D eigenvalue weighted by Crippen LogP contribution is -2.51. The molecular formula is C18H29N3O5S. The number of hydrogen-bond donors (Lipinski definition) is 1. The quantitative estimate of drug-likeness (QED) is 0.700. The summed E-state index contributed by atoms with van der Waals surface area (Å²) in [4.78, 5) is 14.1. The van der Waals surface area contributed by atoms with Crippen LogP contribution in [-0.4, -0.2) is 76.5 Å². The Labute approximate surface area is 161 Å². The Morgan fingerprint density at radius 1 is 1.15 bits per heavy atom. The molecule has 1 saturated heterocycles. The van der Waals surface area contributed by atoms with Crippen LogP contribution >= 0.6 is 0 Å². The molecule has 0 bridgehead atoms. The van der Waals surface area contributed by atoms with E-state index in [2.05, 4.69) is 5.32 Å². The Bertz CT molecular complexity index is 745. The maximum absolute atomic E-state index is 12.9. The molecule has 1 aliphatic heterocycles. The number of carbonyl (C=O) groups is 1. The Balaban J connectivity index is 1.99. The summed E-state index contributed by atoms with van der Waals surface area (Å²) >= 11 is 0. The van der Waals surface area contributed by atoms with Crippen LogP contribution in [-0.2, 0) is 14.8 Å². The number of hydrogen-bond acceptors (Lipinski definition) is 6. The molecule has 1 N–H and O–H groups in total. The monoisotopic (exact) mass is 399 g/mol. The molecule has 1 amide bonds. The average molecular weight is 400 g/mol. The lowest BCUT2D eigenvalue weighted by Gasteiger charge is -2.33. The van der Waals surface area contributed by atoms with Crippen molar-refractivity contribution in [1.82, 2.24) is 14.5 Å². The van der Waals surface area contributed by atoms with Crippen molar-refractivity contribution in [2.45, 2.75) is 31.2 Å². The Morgan fingerprint density at radius 2 is 1.78 bits per heavy atom. The number of nitrogens with zero attached hydrogens (tertiary/aromatic N) is 2. The molecule has 1 heterocycles. The molecule has 1 aromatic rings. The molecule has 1 aliphatic rings. The zero-order valence-corrected chi connectivity index (χ0v) is 17.2. The van der Waals surface area contributed by atoms with E-state index in [9.17, 15) is 13.2 Å². The van der Waals surface area contributed by atoms with Crippen molar-refractivity contribution in [2.75, 3.05) is 46.9 Å². The van der Waals surface area contributed by atoms with Gasteiger partial charge in [0.2, 0.25) is 15.9 Å². The van der Waals surface area contributed by atoms with E-state index >= 15 is 0 Å². The molecule has 9 heteroatoms. The molecule has 1 fully saturated rings. The number of carbonyl (C=O) groups excluding carboxylic acids is 1. The standard InChI is InChI=1S/C18H29N3O5S/c1-5-14(2)19-18(22)13-20-8-10-21(11-9-20)27(23,24)15-6-7-16(25-3)17(12-15)26-4/h6-7,12,14H,5,8-11,13H2,1-4H3,(H,19,22). The van der Waals surface area contributed by atoms with Gasteiger partial charge in [-0.15, -0.1) is 0 Å². The average Bonchev–Trinajstić information content (AvgIpc) is 2.67. The summed E-state index contributed by atoms with van der Waals surface area (Å²) < 4.78 is 37.6. The van der Waals surface area contributed by atoms with Crippen LogP contribution in [0.3, 0.4) is 0 Å². The largest absolute Gasteiger partial charge is 0.493 e. The topological polar surface area (TPSA) is 88.2 Å². The molecule has 0 radical (unpaired) electrons. The van der Waals surface area contributed by atoms with E-state index in [1.807, 2.05) is 18.7 Å². The molecule has 27 heavy (non-hydrogen) atoms. The maximum atomic E-state index is 12.9. The first-order valence-corrected chi connectivity index (χ1v) is 10.5. The third-order valence-corrected chi connectivity index (χ3v) is 6.61. The summed E-state index contributed by atoms with van der Waals surface area (Å²) in [5, 5.41) is 2.93. The smallest absolute Gasteiger partial charge is 0.243 e. The van der Waals surface area contributed by atoms with E-state index in [-0.39, 0.29) is 23.4 Å². The summed E-state index contributed by atoms with van der Waals surface area (Å²) in [7, 11) is -0.652. The number of methoxy groups -OCH3 is 2. The minimum atomic E-state index is -3.62. The lowest BCUT2D eigenvalue weighted by atomic mass is 10.2. The molecule has 0 aliphatic carbocycles. The van der Waals surface area contributed by atoms with Gasteiger partial charge < -0.3 is 14.8 Å². The molecule has 0 aromatic heterocycles. The molecule has 0 saturated carbocycles. The summed E-state index contributed by atoms with van der Waals surface area (Å²) in [6.45, 7) is 5.98. The Hall–Kier alpha value is -1.84. The first-order valence-electron chi connectivity index (χ1n) is 9.05. The van der Waals surface area contributed by atoms with Crippen LogP contribution in [0.4, 0.5) is 0 Å². The predicted octanol–water partition coefficient (Wildman–Crippen LogP) is 0.925. The highest BCUT2D eigenvalue weighted by molar-refractivity contribution is 7.89. The zero-order valence-electron chi connectivity index (χ0n) is 16.4. The van der Waals surface area contributed by atoms with Gasteiger partial charge in [0.05, 0.1) is 25.7 Å². The summed E-state index contributed by atoms with van der Waals surface area (Å²) in [5.74, 6) is 0.827. The van der Waals surface area contributed by atoms with E-state index in [1.165, 1.54) is 30.7 Å². The first-order chi connectivity index (χ1) is 12.8. The second-order valence-electron chi connectivity index (χ2n) is 6.57. The fraction of sp³-hybridized carbons (Fsp3) is 0.611. The number of ether oxygens (including phenoxy) is 2. The summed E-state index contributed by atoms with van der Waals surface area (Å²) in [5.41, 5.74) is 0. The number of nitrogens with one attached hydrogen (secondary N) is 1.